The van der Waals surface area contributed by atoms with Gasteiger partial charge in [0.2, 0.25) is 0 Å². The van der Waals surface area contributed by atoms with Gasteiger partial charge in [-0.25, -0.2) is 4.79 Å². The third-order valence-corrected chi connectivity index (χ3v) is 3.74. The van der Waals surface area contributed by atoms with Crippen LogP contribution in [-0.4, -0.2) is 55.4 Å². The number of urea groups is 1. The Morgan fingerprint density at radius 1 is 1.50 bits per heavy atom. The smallest absolute Gasteiger partial charge is 0.317 e. The van der Waals surface area contributed by atoms with E-state index in [2.05, 4.69) is 10.2 Å². The Kier molecular flexibility index (Phi) is 5.09. The molecule has 2 rings (SSSR count). The molecule has 0 spiro atoms. The van der Waals surface area contributed by atoms with Crippen LogP contribution >= 0.6 is 11.6 Å². The normalized spacial score (nSPS) is 18.1. The Labute approximate surface area is 124 Å². The highest BCUT2D eigenvalue weighted by Gasteiger charge is 2.24. The van der Waals surface area contributed by atoms with Crippen LogP contribution in [0.25, 0.3) is 0 Å². The minimum absolute atomic E-state index is 0.0223. The molecule has 1 unspecified atom stereocenters. The summed E-state index contributed by atoms with van der Waals surface area (Å²) in [7, 11) is 1.68. The van der Waals surface area contributed by atoms with Crippen molar-refractivity contribution in [1.82, 2.24) is 10.2 Å². The van der Waals surface area contributed by atoms with Crippen molar-refractivity contribution < 1.29 is 9.90 Å². The molecule has 0 radical (unpaired) electrons. The van der Waals surface area contributed by atoms with Crippen molar-refractivity contribution in [3.63, 3.8) is 0 Å². The molecule has 0 bridgehead atoms. The summed E-state index contributed by atoms with van der Waals surface area (Å²) in [5.74, 6) is 0. The van der Waals surface area contributed by atoms with E-state index in [0.717, 1.165) is 30.2 Å². The summed E-state index contributed by atoms with van der Waals surface area (Å²) in [4.78, 5) is 15.6. The summed E-state index contributed by atoms with van der Waals surface area (Å²) in [6.07, 6.45) is 0.918. The number of carbonyl (C=O) groups is 1. The van der Waals surface area contributed by atoms with Gasteiger partial charge in [0.05, 0.1) is 6.61 Å². The number of halogens is 1. The van der Waals surface area contributed by atoms with Gasteiger partial charge in [-0.15, -0.1) is 0 Å². The molecule has 1 aromatic rings. The lowest BCUT2D eigenvalue weighted by molar-refractivity contribution is 0.188. The van der Waals surface area contributed by atoms with Gasteiger partial charge >= 0.3 is 6.03 Å². The van der Waals surface area contributed by atoms with Crippen molar-refractivity contribution in [1.29, 1.82) is 0 Å². The van der Waals surface area contributed by atoms with E-state index in [0.29, 0.717) is 6.54 Å². The zero-order chi connectivity index (χ0) is 14.5. The highest BCUT2D eigenvalue weighted by atomic mass is 35.5. The molecule has 1 aliphatic rings. The van der Waals surface area contributed by atoms with Crippen LogP contribution in [0.4, 0.5) is 10.5 Å². The molecule has 1 atom stereocenters. The van der Waals surface area contributed by atoms with Crippen LogP contribution < -0.4 is 10.2 Å². The van der Waals surface area contributed by atoms with Crippen LogP contribution in [0.15, 0.2) is 24.3 Å². The lowest BCUT2D eigenvalue weighted by Crippen LogP contribution is -2.45. The topological polar surface area (TPSA) is 55.8 Å². The van der Waals surface area contributed by atoms with E-state index >= 15 is 0 Å². The van der Waals surface area contributed by atoms with Gasteiger partial charge in [-0.05, 0) is 30.7 Å². The number of hydrogen-bond donors (Lipinski definition) is 2. The predicted octanol–water partition coefficient (Wildman–Crippen LogP) is 1.55. The van der Waals surface area contributed by atoms with Crippen molar-refractivity contribution in [3.05, 3.63) is 29.3 Å². The zero-order valence-corrected chi connectivity index (χ0v) is 12.3. The first-order valence-electron chi connectivity index (χ1n) is 6.73. The molecular formula is C14H20ClN3O2. The van der Waals surface area contributed by atoms with Gasteiger partial charge in [0, 0.05) is 43.4 Å². The largest absolute Gasteiger partial charge is 0.395 e. The van der Waals surface area contributed by atoms with E-state index < -0.39 is 0 Å². The van der Waals surface area contributed by atoms with Crippen LogP contribution in [0.2, 0.25) is 5.02 Å². The Morgan fingerprint density at radius 3 is 2.85 bits per heavy atom. The molecule has 2 amide bonds. The lowest BCUT2D eigenvalue weighted by atomic mass is 10.3. The van der Waals surface area contributed by atoms with Crippen molar-refractivity contribution in [2.75, 3.05) is 38.2 Å². The maximum absolute atomic E-state index is 11.8. The summed E-state index contributed by atoms with van der Waals surface area (Å²) >= 11 is 5.88. The Bertz CT molecular complexity index is 452. The van der Waals surface area contributed by atoms with E-state index in [1.807, 2.05) is 24.3 Å². The average molecular weight is 298 g/mol. The van der Waals surface area contributed by atoms with E-state index in [4.69, 9.17) is 16.7 Å². The predicted molar refractivity (Wildman–Crippen MR) is 80.3 cm³/mol. The van der Waals surface area contributed by atoms with Crippen LogP contribution in [0, 0.1) is 0 Å². The first kappa shape index (κ1) is 14.9. The molecule has 20 heavy (non-hydrogen) atoms. The number of rotatable bonds is 4. The number of aliphatic hydroxyl groups is 1. The number of likely N-dealkylation sites (N-methyl/N-ethyl adjacent to an activating group) is 1. The molecule has 1 heterocycles. The zero-order valence-electron chi connectivity index (χ0n) is 11.6. The second kappa shape index (κ2) is 6.81. The molecule has 1 aromatic carbocycles. The van der Waals surface area contributed by atoms with Crippen LogP contribution in [0.5, 0.6) is 0 Å². The van der Waals surface area contributed by atoms with Gasteiger partial charge in [-0.1, -0.05) is 11.6 Å². The average Bonchev–Trinajstić information content (AvgIpc) is 2.88. The second-order valence-corrected chi connectivity index (χ2v) is 5.44. The molecule has 2 N–H and O–H groups in total. The molecule has 1 saturated heterocycles. The van der Waals surface area contributed by atoms with Gasteiger partial charge in [0.1, 0.15) is 0 Å². The Hall–Kier alpha value is -1.46. The van der Waals surface area contributed by atoms with E-state index in [1.54, 1.807) is 7.05 Å². The second-order valence-electron chi connectivity index (χ2n) is 5.00. The fourth-order valence-corrected chi connectivity index (χ4v) is 2.43. The summed E-state index contributed by atoms with van der Waals surface area (Å²) < 4.78 is 0. The van der Waals surface area contributed by atoms with Gasteiger partial charge in [0.25, 0.3) is 0 Å². The SMILES string of the molecule is CN(CCO)C(=O)NC1CCN(c2ccc(Cl)cc2)C1. The van der Waals surface area contributed by atoms with Crippen molar-refractivity contribution in [3.8, 4) is 0 Å². The van der Waals surface area contributed by atoms with Crippen molar-refractivity contribution >= 4 is 23.3 Å². The Morgan fingerprint density at radius 2 is 2.20 bits per heavy atom. The van der Waals surface area contributed by atoms with Crippen LogP contribution in [0.3, 0.4) is 0 Å². The highest BCUT2D eigenvalue weighted by molar-refractivity contribution is 6.30. The van der Waals surface area contributed by atoms with E-state index in [9.17, 15) is 4.79 Å². The monoisotopic (exact) mass is 297 g/mol. The van der Waals surface area contributed by atoms with Crippen LogP contribution in [0.1, 0.15) is 6.42 Å². The number of amides is 2. The molecule has 0 saturated carbocycles. The first-order valence-corrected chi connectivity index (χ1v) is 7.11. The maximum atomic E-state index is 11.8. The fraction of sp³-hybridized carbons (Fsp3) is 0.500. The summed E-state index contributed by atoms with van der Waals surface area (Å²) in [6.45, 7) is 2.03. The molecule has 5 nitrogen and oxygen atoms in total. The summed E-state index contributed by atoms with van der Waals surface area (Å²) in [5.41, 5.74) is 1.12. The standard InChI is InChI=1S/C14H20ClN3O2/c1-17(8-9-19)14(20)16-12-6-7-18(10-12)13-4-2-11(15)3-5-13/h2-5,12,19H,6-10H2,1H3,(H,16,20). The van der Waals surface area contributed by atoms with Gasteiger partial charge < -0.3 is 20.2 Å². The number of benzene rings is 1. The van der Waals surface area contributed by atoms with Crippen molar-refractivity contribution in [2.45, 2.75) is 12.5 Å². The minimum atomic E-state index is -0.137. The number of carbonyl (C=O) groups excluding carboxylic acids is 1. The van der Waals surface area contributed by atoms with E-state index in [-0.39, 0.29) is 18.7 Å². The minimum Gasteiger partial charge on any atom is -0.395 e. The molecule has 0 aromatic heterocycles. The number of nitrogens with zero attached hydrogens (tertiary/aromatic N) is 2. The first-order chi connectivity index (χ1) is 9.60. The third kappa shape index (κ3) is 3.77. The summed E-state index contributed by atoms with van der Waals surface area (Å²) in [5, 5.41) is 12.5. The van der Waals surface area contributed by atoms with Crippen molar-refractivity contribution in [2.24, 2.45) is 0 Å². The number of nitrogens with one attached hydrogen (secondary N) is 1. The highest BCUT2D eigenvalue weighted by Crippen LogP contribution is 2.22. The molecule has 110 valence electrons. The Balaban J connectivity index is 1.86. The van der Waals surface area contributed by atoms with Gasteiger partial charge in [-0.3, -0.25) is 0 Å². The molecular weight excluding hydrogens is 278 g/mol. The third-order valence-electron chi connectivity index (χ3n) is 3.49. The molecule has 0 aliphatic carbocycles. The van der Waals surface area contributed by atoms with E-state index in [1.165, 1.54) is 4.90 Å². The molecule has 1 fully saturated rings. The summed E-state index contributed by atoms with van der Waals surface area (Å²) in [6, 6.07) is 7.73. The van der Waals surface area contributed by atoms with Crippen LogP contribution in [-0.2, 0) is 0 Å². The molecule has 6 heteroatoms. The maximum Gasteiger partial charge on any atom is 0.317 e. The number of aliphatic hydroxyl groups excluding tert-OH is 1. The van der Waals surface area contributed by atoms with Gasteiger partial charge in [-0.2, -0.15) is 0 Å². The number of anilines is 1. The molecule has 1 aliphatic heterocycles. The van der Waals surface area contributed by atoms with Gasteiger partial charge in [0.15, 0.2) is 0 Å². The number of hydrogen-bond acceptors (Lipinski definition) is 3. The lowest BCUT2D eigenvalue weighted by Gasteiger charge is -2.21. The quantitative estimate of drug-likeness (QED) is 0.887. The fourth-order valence-electron chi connectivity index (χ4n) is 2.30.